The third kappa shape index (κ3) is 4.64. The van der Waals surface area contributed by atoms with E-state index < -0.39 is 6.10 Å². The number of rotatable bonds is 6. The molecule has 0 aliphatic rings. The Balaban J connectivity index is 0.00000289. The van der Waals surface area contributed by atoms with Crippen LogP contribution in [0.15, 0.2) is 24.3 Å². The van der Waals surface area contributed by atoms with Crippen LogP contribution in [0.5, 0.6) is 0 Å². The van der Waals surface area contributed by atoms with Crippen molar-refractivity contribution in [3.8, 4) is 0 Å². The Kier molecular flexibility index (Phi) is 8.37. The number of benzene rings is 1. The molecule has 0 radical (unpaired) electrons. The van der Waals surface area contributed by atoms with Crippen molar-refractivity contribution < 1.29 is 9.53 Å². The van der Waals surface area contributed by atoms with E-state index >= 15 is 0 Å². The number of aryl methyl sites for hydroxylation is 1. The highest BCUT2D eigenvalue weighted by atomic mass is 35.5. The molecule has 1 rings (SSSR count). The zero-order valence-electron chi connectivity index (χ0n) is 10.8. The smallest absolute Gasteiger partial charge is 0.250 e. The van der Waals surface area contributed by atoms with Gasteiger partial charge < -0.3 is 15.8 Å². The standard InChI is InChI=1S/C13H20N2O2.ClH/c1-3-10-6-4-5-7-11(10)9-15-13(16)12(8-14)17-2;/h4-7,12H,3,8-9,14H2,1-2H3,(H,15,16);1H. The fraction of sp³-hybridized carbons (Fsp3) is 0.462. The van der Waals surface area contributed by atoms with Gasteiger partial charge >= 0.3 is 0 Å². The van der Waals surface area contributed by atoms with E-state index in [-0.39, 0.29) is 24.9 Å². The van der Waals surface area contributed by atoms with E-state index in [1.807, 2.05) is 18.2 Å². The molecule has 0 heterocycles. The van der Waals surface area contributed by atoms with Crippen molar-refractivity contribution in [2.75, 3.05) is 13.7 Å². The van der Waals surface area contributed by atoms with Gasteiger partial charge in [0.25, 0.3) is 5.91 Å². The van der Waals surface area contributed by atoms with Crippen molar-refractivity contribution >= 4 is 18.3 Å². The van der Waals surface area contributed by atoms with Crippen molar-refractivity contribution in [3.63, 3.8) is 0 Å². The first kappa shape index (κ1) is 16.9. The highest BCUT2D eigenvalue weighted by Gasteiger charge is 2.15. The number of amides is 1. The number of carbonyl (C=O) groups excluding carboxylic acids is 1. The maximum absolute atomic E-state index is 11.7. The number of carbonyl (C=O) groups is 1. The van der Waals surface area contributed by atoms with E-state index in [1.165, 1.54) is 12.7 Å². The average molecular weight is 273 g/mol. The second-order valence-corrected chi connectivity index (χ2v) is 3.80. The Morgan fingerprint density at radius 2 is 2.00 bits per heavy atom. The minimum atomic E-state index is -0.566. The lowest BCUT2D eigenvalue weighted by molar-refractivity contribution is -0.130. The van der Waals surface area contributed by atoms with Gasteiger partial charge in [-0.25, -0.2) is 0 Å². The van der Waals surface area contributed by atoms with E-state index in [2.05, 4.69) is 18.3 Å². The minimum absolute atomic E-state index is 0. The SMILES string of the molecule is CCc1ccccc1CNC(=O)C(CN)OC.Cl. The van der Waals surface area contributed by atoms with Gasteiger partial charge in [0, 0.05) is 20.2 Å². The molecule has 0 saturated heterocycles. The fourth-order valence-corrected chi connectivity index (χ4v) is 1.68. The molecule has 1 atom stereocenters. The molecule has 0 fully saturated rings. The van der Waals surface area contributed by atoms with Gasteiger partial charge in [0.2, 0.25) is 0 Å². The second kappa shape index (κ2) is 8.91. The van der Waals surface area contributed by atoms with Crippen molar-refractivity contribution in [1.82, 2.24) is 5.32 Å². The van der Waals surface area contributed by atoms with Gasteiger partial charge in [-0.15, -0.1) is 12.4 Å². The van der Waals surface area contributed by atoms with Crippen LogP contribution >= 0.6 is 12.4 Å². The van der Waals surface area contributed by atoms with Gasteiger partial charge in [-0.1, -0.05) is 31.2 Å². The van der Waals surface area contributed by atoms with Crippen molar-refractivity contribution in [3.05, 3.63) is 35.4 Å². The maximum atomic E-state index is 11.7. The van der Waals surface area contributed by atoms with Crippen LogP contribution in [0.1, 0.15) is 18.1 Å². The summed E-state index contributed by atoms with van der Waals surface area (Å²) in [6.45, 7) is 2.80. The summed E-state index contributed by atoms with van der Waals surface area (Å²) in [5.41, 5.74) is 7.80. The fourth-order valence-electron chi connectivity index (χ4n) is 1.68. The molecule has 4 nitrogen and oxygen atoms in total. The van der Waals surface area contributed by atoms with Crippen LogP contribution < -0.4 is 11.1 Å². The predicted molar refractivity (Wildman–Crippen MR) is 74.8 cm³/mol. The number of nitrogens with two attached hydrogens (primary N) is 1. The third-order valence-corrected chi connectivity index (χ3v) is 2.74. The van der Waals surface area contributed by atoms with Crippen LogP contribution in [0.3, 0.4) is 0 Å². The summed E-state index contributed by atoms with van der Waals surface area (Å²) in [6, 6.07) is 8.06. The predicted octanol–water partition coefficient (Wildman–Crippen LogP) is 1.26. The highest BCUT2D eigenvalue weighted by Crippen LogP contribution is 2.08. The highest BCUT2D eigenvalue weighted by molar-refractivity contribution is 5.85. The minimum Gasteiger partial charge on any atom is -0.370 e. The average Bonchev–Trinajstić information content (AvgIpc) is 2.38. The molecule has 0 aliphatic heterocycles. The molecular formula is C13H21ClN2O2. The lowest BCUT2D eigenvalue weighted by atomic mass is 10.1. The lowest BCUT2D eigenvalue weighted by Gasteiger charge is -2.14. The lowest BCUT2D eigenvalue weighted by Crippen LogP contribution is -2.40. The maximum Gasteiger partial charge on any atom is 0.250 e. The van der Waals surface area contributed by atoms with Crippen LogP contribution in [0.25, 0.3) is 0 Å². The molecule has 18 heavy (non-hydrogen) atoms. The first-order valence-corrected chi connectivity index (χ1v) is 5.80. The van der Waals surface area contributed by atoms with Crippen molar-refractivity contribution in [1.29, 1.82) is 0 Å². The molecule has 1 unspecified atom stereocenters. The van der Waals surface area contributed by atoms with Crippen LogP contribution in [0, 0.1) is 0 Å². The molecular weight excluding hydrogens is 252 g/mol. The quantitative estimate of drug-likeness (QED) is 0.819. The number of nitrogens with one attached hydrogen (secondary N) is 1. The Morgan fingerprint density at radius 3 is 2.50 bits per heavy atom. The van der Waals surface area contributed by atoms with E-state index in [1.54, 1.807) is 0 Å². The number of hydrogen-bond donors (Lipinski definition) is 2. The van der Waals surface area contributed by atoms with Crippen LogP contribution in [0.2, 0.25) is 0 Å². The first-order valence-electron chi connectivity index (χ1n) is 5.80. The summed E-state index contributed by atoms with van der Waals surface area (Å²) < 4.78 is 4.97. The Morgan fingerprint density at radius 1 is 1.39 bits per heavy atom. The number of hydrogen-bond acceptors (Lipinski definition) is 3. The molecule has 0 aliphatic carbocycles. The van der Waals surface area contributed by atoms with Gasteiger partial charge in [-0.2, -0.15) is 0 Å². The van der Waals surface area contributed by atoms with E-state index in [0.717, 1.165) is 12.0 Å². The van der Waals surface area contributed by atoms with Crippen molar-refractivity contribution in [2.45, 2.75) is 26.0 Å². The molecule has 102 valence electrons. The molecule has 3 N–H and O–H groups in total. The van der Waals surface area contributed by atoms with Gasteiger partial charge in [-0.05, 0) is 17.5 Å². The summed E-state index contributed by atoms with van der Waals surface area (Å²) >= 11 is 0. The molecule has 0 bridgehead atoms. The van der Waals surface area contributed by atoms with Crippen LogP contribution in [0.4, 0.5) is 0 Å². The Labute approximate surface area is 114 Å². The van der Waals surface area contributed by atoms with E-state index in [0.29, 0.717) is 6.54 Å². The zero-order valence-corrected chi connectivity index (χ0v) is 11.6. The molecule has 1 aromatic carbocycles. The normalized spacial score (nSPS) is 11.5. The third-order valence-electron chi connectivity index (χ3n) is 2.74. The van der Waals surface area contributed by atoms with Gasteiger partial charge in [0.05, 0.1) is 0 Å². The number of halogens is 1. The molecule has 0 saturated carbocycles. The molecule has 5 heteroatoms. The summed E-state index contributed by atoms with van der Waals surface area (Å²) in [6.07, 6.45) is 0.389. The summed E-state index contributed by atoms with van der Waals surface area (Å²) in [7, 11) is 1.48. The molecule has 1 amide bonds. The van der Waals surface area contributed by atoms with Crippen LogP contribution in [-0.4, -0.2) is 25.7 Å². The van der Waals surface area contributed by atoms with Gasteiger partial charge in [0.15, 0.2) is 0 Å². The Hall–Kier alpha value is -1.10. The first-order chi connectivity index (χ1) is 8.22. The molecule has 1 aromatic rings. The molecule has 0 spiro atoms. The summed E-state index contributed by atoms with van der Waals surface area (Å²) in [4.78, 5) is 11.7. The van der Waals surface area contributed by atoms with E-state index in [4.69, 9.17) is 10.5 Å². The molecule has 0 aromatic heterocycles. The number of ether oxygens (including phenoxy) is 1. The largest absolute Gasteiger partial charge is 0.370 e. The summed E-state index contributed by atoms with van der Waals surface area (Å²) in [5, 5.41) is 2.83. The topological polar surface area (TPSA) is 64.4 Å². The van der Waals surface area contributed by atoms with Gasteiger partial charge in [-0.3, -0.25) is 4.79 Å². The monoisotopic (exact) mass is 272 g/mol. The summed E-state index contributed by atoms with van der Waals surface area (Å²) in [5.74, 6) is -0.166. The second-order valence-electron chi connectivity index (χ2n) is 3.80. The van der Waals surface area contributed by atoms with Gasteiger partial charge in [0.1, 0.15) is 6.10 Å². The van der Waals surface area contributed by atoms with Crippen LogP contribution in [-0.2, 0) is 22.5 Å². The van der Waals surface area contributed by atoms with E-state index in [9.17, 15) is 4.79 Å². The zero-order chi connectivity index (χ0) is 12.7. The number of methoxy groups -OCH3 is 1. The van der Waals surface area contributed by atoms with Crippen molar-refractivity contribution in [2.24, 2.45) is 5.73 Å². The Bertz CT molecular complexity index is 368.